The molecule has 0 saturated carbocycles. The molecule has 0 spiro atoms. The summed E-state index contributed by atoms with van der Waals surface area (Å²) in [5.41, 5.74) is 0.629. The molecular formula is C13H23NO4S2. The smallest absolute Gasteiger partial charge is 0.252 e. The molecule has 0 aliphatic carbocycles. The molecule has 5 nitrogen and oxygen atoms in total. The fourth-order valence-electron chi connectivity index (χ4n) is 2.06. The monoisotopic (exact) mass is 321 g/mol. The highest BCUT2D eigenvalue weighted by atomic mass is 32.2. The minimum Gasteiger partial charge on any atom is -0.392 e. The van der Waals surface area contributed by atoms with Gasteiger partial charge in [0, 0.05) is 19.7 Å². The number of aliphatic hydroxyl groups excluding tert-OH is 1. The first kappa shape index (κ1) is 17.6. The Morgan fingerprint density at radius 3 is 2.50 bits per heavy atom. The van der Waals surface area contributed by atoms with Gasteiger partial charge in [-0.05, 0) is 29.9 Å². The van der Waals surface area contributed by atoms with Gasteiger partial charge >= 0.3 is 0 Å². The van der Waals surface area contributed by atoms with Gasteiger partial charge in [0.25, 0.3) is 10.0 Å². The molecule has 0 aliphatic heterocycles. The highest BCUT2D eigenvalue weighted by Crippen LogP contribution is 2.26. The van der Waals surface area contributed by atoms with Crippen LogP contribution < -0.4 is 0 Å². The number of ether oxygens (including phenoxy) is 1. The largest absolute Gasteiger partial charge is 0.392 e. The Kier molecular flexibility index (Phi) is 7.11. The molecule has 0 fully saturated rings. The summed E-state index contributed by atoms with van der Waals surface area (Å²) in [7, 11) is -1.96. The third kappa shape index (κ3) is 4.02. The molecule has 0 radical (unpaired) electrons. The van der Waals surface area contributed by atoms with E-state index in [9.17, 15) is 8.42 Å². The van der Waals surface area contributed by atoms with Crippen molar-refractivity contribution in [2.75, 3.05) is 20.3 Å². The molecule has 0 amide bonds. The summed E-state index contributed by atoms with van der Waals surface area (Å²) in [5, 5.41) is 10.8. The molecule has 0 aromatic carbocycles. The van der Waals surface area contributed by atoms with E-state index in [-0.39, 0.29) is 16.9 Å². The van der Waals surface area contributed by atoms with Gasteiger partial charge in [0.2, 0.25) is 0 Å². The van der Waals surface area contributed by atoms with Crippen LogP contribution in [0.4, 0.5) is 0 Å². The van der Waals surface area contributed by atoms with E-state index in [1.165, 1.54) is 4.31 Å². The van der Waals surface area contributed by atoms with Crippen molar-refractivity contribution in [1.29, 1.82) is 0 Å². The maximum Gasteiger partial charge on any atom is 0.252 e. The quantitative estimate of drug-likeness (QED) is 0.756. The predicted octanol–water partition coefficient (Wildman–Crippen LogP) is 2.07. The molecule has 1 aromatic heterocycles. The van der Waals surface area contributed by atoms with E-state index in [0.717, 1.165) is 24.2 Å². The minimum absolute atomic E-state index is 0.0326. The van der Waals surface area contributed by atoms with Crippen molar-refractivity contribution in [1.82, 2.24) is 4.31 Å². The number of sulfonamides is 1. The molecule has 0 saturated heterocycles. The van der Waals surface area contributed by atoms with Crippen LogP contribution in [0, 0.1) is 0 Å². The fourth-order valence-corrected chi connectivity index (χ4v) is 5.15. The summed E-state index contributed by atoms with van der Waals surface area (Å²) in [6.45, 7) is 4.54. The minimum atomic E-state index is -3.53. The summed E-state index contributed by atoms with van der Waals surface area (Å²) in [4.78, 5) is 0. The molecule has 0 unspecified atom stereocenters. The van der Waals surface area contributed by atoms with Gasteiger partial charge in [-0.15, -0.1) is 11.3 Å². The first-order valence-electron chi connectivity index (χ1n) is 6.70. The normalized spacial score (nSPS) is 12.5. The van der Waals surface area contributed by atoms with Gasteiger partial charge in [0.15, 0.2) is 0 Å². The van der Waals surface area contributed by atoms with Crippen LogP contribution in [-0.4, -0.2) is 44.1 Å². The summed E-state index contributed by atoms with van der Waals surface area (Å²) >= 11 is 1.15. The number of nitrogens with zero attached hydrogens (tertiary/aromatic N) is 1. The molecule has 0 bridgehead atoms. The molecule has 0 aliphatic rings. The third-order valence-electron chi connectivity index (χ3n) is 3.24. The predicted molar refractivity (Wildman–Crippen MR) is 80.4 cm³/mol. The average Bonchev–Trinajstić information content (AvgIpc) is 2.93. The molecule has 1 heterocycles. The van der Waals surface area contributed by atoms with Crippen LogP contribution in [0.1, 0.15) is 32.3 Å². The number of hydrogen-bond donors (Lipinski definition) is 1. The lowest BCUT2D eigenvalue weighted by Gasteiger charge is -2.28. The highest BCUT2D eigenvalue weighted by Gasteiger charge is 2.30. The van der Waals surface area contributed by atoms with E-state index in [1.807, 2.05) is 13.8 Å². The number of rotatable bonds is 9. The zero-order valence-electron chi connectivity index (χ0n) is 12.2. The average molecular weight is 321 g/mol. The van der Waals surface area contributed by atoms with Crippen LogP contribution in [0.2, 0.25) is 0 Å². The topological polar surface area (TPSA) is 66.8 Å². The number of aliphatic hydroxyl groups is 1. The van der Waals surface area contributed by atoms with Crippen LogP contribution in [0.15, 0.2) is 15.7 Å². The Labute approximate surface area is 125 Å². The van der Waals surface area contributed by atoms with Gasteiger partial charge in [-0.2, -0.15) is 4.31 Å². The van der Waals surface area contributed by atoms with Crippen molar-refractivity contribution in [2.24, 2.45) is 0 Å². The van der Waals surface area contributed by atoms with Gasteiger partial charge in [-0.25, -0.2) is 8.42 Å². The number of methoxy groups -OCH3 is 1. The van der Waals surface area contributed by atoms with Crippen molar-refractivity contribution in [3.05, 3.63) is 17.0 Å². The summed E-state index contributed by atoms with van der Waals surface area (Å²) in [5.74, 6) is 0. The Hall–Kier alpha value is -0.470. The van der Waals surface area contributed by atoms with E-state index in [2.05, 4.69) is 0 Å². The molecule has 1 aromatic rings. The second kappa shape index (κ2) is 8.09. The van der Waals surface area contributed by atoms with E-state index in [0.29, 0.717) is 18.7 Å². The first-order valence-corrected chi connectivity index (χ1v) is 9.02. The summed E-state index contributed by atoms with van der Waals surface area (Å²) in [6.07, 6.45) is 1.52. The van der Waals surface area contributed by atoms with E-state index >= 15 is 0 Å². The zero-order chi connectivity index (χ0) is 15.2. The molecular weight excluding hydrogens is 298 g/mol. The number of hydrogen-bond acceptors (Lipinski definition) is 5. The molecule has 1 N–H and O–H groups in total. The summed E-state index contributed by atoms with van der Waals surface area (Å²) < 4.78 is 32.3. The highest BCUT2D eigenvalue weighted by molar-refractivity contribution is 7.91. The van der Waals surface area contributed by atoms with Crippen LogP contribution in [-0.2, 0) is 21.4 Å². The maximum atomic E-state index is 12.7. The first-order chi connectivity index (χ1) is 9.51. The Morgan fingerprint density at radius 2 is 2.05 bits per heavy atom. The number of thiophene rings is 1. The Bertz CT molecular complexity index is 494. The van der Waals surface area contributed by atoms with E-state index in [1.54, 1.807) is 18.6 Å². The SMILES string of the molecule is CCC(CC)N(CCOC)S(=O)(=O)c1cc(CO)cs1. The maximum absolute atomic E-state index is 12.7. The van der Waals surface area contributed by atoms with E-state index < -0.39 is 10.0 Å². The molecule has 1 rings (SSSR count). The van der Waals surface area contributed by atoms with Gasteiger partial charge in [-0.3, -0.25) is 0 Å². The van der Waals surface area contributed by atoms with Crippen LogP contribution in [0.25, 0.3) is 0 Å². The Morgan fingerprint density at radius 1 is 1.40 bits per heavy atom. The summed E-state index contributed by atoms with van der Waals surface area (Å²) in [6, 6.07) is 1.51. The van der Waals surface area contributed by atoms with Crippen molar-refractivity contribution in [3.8, 4) is 0 Å². The lowest BCUT2D eigenvalue weighted by atomic mass is 10.2. The van der Waals surface area contributed by atoms with Gasteiger partial charge < -0.3 is 9.84 Å². The second-order valence-corrected chi connectivity index (χ2v) is 7.54. The fraction of sp³-hybridized carbons (Fsp3) is 0.692. The van der Waals surface area contributed by atoms with Crippen LogP contribution in [0.3, 0.4) is 0 Å². The molecule has 0 atom stereocenters. The molecule has 20 heavy (non-hydrogen) atoms. The zero-order valence-corrected chi connectivity index (χ0v) is 13.8. The van der Waals surface area contributed by atoms with Gasteiger partial charge in [0.1, 0.15) is 4.21 Å². The van der Waals surface area contributed by atoms with Crippen LogP contribution >= 0.6 is 11.3 Å². The van der Waals surface area contributed by atoms with Crippen molar-refractivity contribution in [2.45, 2.75) is 43.5 Å². The second-order valence-electron chi connectivity index (χ2n) is 4.51. The lowest BCUT2D eigenvalue weighted by molar-refractivity contribution is 0.163. The standard InChI is InChI=1S/C13H23NO4S2/c1-4-12(5-2)14(6-7-18-3)20(16,17)13-8-11(9-15)10-19-13/h8,10,12,15H,4-7,9H2,1-3H3. The van der Waals surface area contributed by atoms with Crippen molar-refractivity contribution in [3.63, 3.8) is 0 Å². The van der Waals surface area contributed by atoms with Gasteiger partial charge in [-0.1, -0.05) is 13.8 Å². The van der Waals surface area contributed by atoms with Crippen LogP contribution in [0.5, 0.6) is 0 Å². The molecule has 116 valence electrons. The van der Waals surface area contributed by atoms with E-state index in [4.69, 9.17) is 9.84 Å². The van der Waals surface area contributed by atoms with Crippen molar-refractivity contribution >= 4 is 21.4 Å². The third-order valence-corrected chi connectivity index (χ3v) is 6.66. The van der Waals surface area contributed by atoms with Crippen molar-refractivity contribution < 1.29 is 18.3 Å². The Balaban J connectivity index is 3.08. The van der Waals surface area contributed by atoms with Gasteiger partial charge in [0.05, 0.1) is 13.2 Å². The molecule has 7 heteroatoms. The lowest BCUT2D eigenvalue weighted by Crippen LogP contribution is -2.41.